The van der Waals surface area contributed by atoms with E-state index in [0.717, 1.165) is 4.68 Å². The van der Waals surface area contributed by atoms with Gasteiger partial charge in [0.2, 0.25) is 0 Å². The minimum absolute atomic E-state index is 0.0212. The van der Waals surface area contributed by atoms with Crippen LogP contribution in [0.15, 0.2) is 6.20 Å². The van der Waals surface area contributed by atoms with E-state index in [2.05, 4.69) is 5.10 Å². The Kier molecular flexibility index (Phi) is 4.21. The van der Waals surface area contributed by atoms with E-state index < -0.39 is 11.9 Å². The summed E-state index contributed by atoms with van der Waals surface area (Å²) in [5, 5.41) is 3.71. The van der Waals surface area contributed by atoms with Crippen LogP contribution < -0.4 is 0 Å². The number of rotatable bonds is 4. The van der Waals surface area contributed by atoms with Gasteiger partial charge in [-0.2, -0.15) is 18.3 Å². The molecule has 0 unspecified atom stereocenters. The van der Waals surface area contributed by atoms with Crippen LogP contribution in [-0.2, 0) is 18.6 Å². The van der Waals surface area contributed by atoms with E-state index in [-0.39, 0.29) is 18.0 Å². The van der Waals surface area contributed by atoms with Gasteiger partial charge in [0.05, 0.1) is 18.6 Å². The van der Waals surface area contributed by atoms with Gasteiger partial charge < -0.3 is 4.90 Å². The first-order valence-corrected chi connectivity index (χ1v) is 5.22. The van der Waals surface area contributed by atoms with Gasteiger partial charge in [0.25, 0.3) is 0 Å². The zero-order valence-corrected chi connectivity index (χ0v) is 9.81. The summed E-state index contributed by atoms with van der Waals surface area (Å²) in [5.74, 6) is -0.184. The first-order valence-electron chi connectivity index (χ1n) is 4.69. The molecule has 0 saturated carbocycles. The van der Waals surface area contributed by atoms with Crippen molar-refractivity contribution in [1.29, 1.82) is 0 Å². The fourth-order valence-corrected chi connectivity index (χ4v) is 1.51. The molecule has 0 atom stereocenters. The highest BCUT2D eigenvalue weighted by molar-refractivity contribution is 6.17. The molecule has 1 aromatic heterocycles. The van der Waals surface area contributed by atoms with E-state index >= 15 is 0 Å². The average molecular weight is 256 g/mol. The third-order valence-corrected chi connectivity index (χ3v) is 2.37. The number of hydrogen-bond donors (Lipinski definition) is 0. The predicted octanol–water partition coefficient (Wildman–Crippen LogP) is 2.20. The normalized spacial score (nSPS) is 12.4. The van der Waals surface area contributed by atoms with Crippen molar-refractivity contribution in [2.75, 3.05) is 20.6 Å². The van der Waals surface area contributed by atoms with Gasteiger partial charge in [-0.15, -0.1) is 11.6 Å². The SMILES string of the molecule is CN(C)CCn1ncc(CCl)c1C(F)(F)F. The van der Waals surface area contributed by atoms with Crippen LogP contribution in [0.5, 0.6) is 0 Å². The van der Waals surface area contributed by atoms with Crippen molar-refractivity contribution < 1.29 is 13.2 Å². The Labute approximate surface area is 96.8 Å². The van der Waals surface area contributed by atoms with Crippen molar-refractivity contribution in [1.82, 2.24) is 14.7 Å². The molecule has 92 valence electrons. The highest BCUT2D eigenvalue weighted by atomic mass is 35.5. The van der Waals surface area contributed by atoms with Crippen molar-refractivity contribution in [3.8, 4) is 0 Å². The Hall–Kier alpha value is -0.750. The van der Waals surface area contributed by atoms with Crippen molar-refractivity contribution in [2.45, 2.75) is 18.6 Å². The molecule has 0 amide bonds. The Morgan fingerprint density at radius 3 is 2.50 bits per heavy atom. The highest BCUT2D eigenvalue weighted by Crippen LogP contribution is 2.32. The lowest BCUT2D eigenvalue weighted by Gasteiger charge is -2.14. The summed E-state index contributed by atoms with van der Waals surface area (Å²) in [6, 6.07) is 0. The molecule has 7 heteroatoms. The van der Waals surface area contributed by atoms with Crippen LogP contribution in [0.4, 0.5) is 13.2 Å². The van der Waals surface area contributed by atoms with E-state index in [1.54, 1.807) is 19.0 Å². The fourth-order valence-electron chi connectivity index (χ4n) is 1.31. The maximum atomic E-state index is 12.7. The Morgan fingerprint density at radius 2 is 2.06 bits per heavy atom. The zero-order chi connectivity index (χ0) is 12.3. The lowest BCUT2D eigenvalue weighted by atomic mass is 10.2. The van der Waals surface area contributed by atoms with Crippen LogP contribution in [0.3, 0.4) is 0 Å². The standard InChI is InChI=1S/C9H13ClF3N3/c1-15(2)3-4-16-8(9(11,12)13)7(5-10)6-14-16/h6H,3-5H2,1-2H3. The summed E-state index contributed by atoms with van der Waals surface area (Å²) in [7, 11) is 3.58. The average Bonchev–Trinajstić information content (AvgIpc) is 2.56. The molecule has 1 rings (SSSR count). The summed E-state index contributed by atoms with van der Waals surface area (Å²) in [4.78, 5) is 1.79. The van der Waals surface area contributed by atoms with Crippen molar-refractivity contribution in [3.63, 3.8) is 0 Å². The van der Waals surface area contributed by atoms with Gasteiger partial charge in [0.15, 0.2) is 0 Å². The summed E-state index contributed by atoms with van der Waals surface area (Å²) in [6.45, 7) is 0.686. The van der Waals surface area contributed by atoms with Gasteiger partial charge >= 0.3 is 6.18 Å². The molecule has 0 saturated heterocycles. The maximum absolute atomic E-state index is 12.7. The van der Waals surface area contributed by atoms with Gasteiger partial charge in [-0.1, -0.05) is 0 Å². The van der Waals surface area contributed by atoms with Crippen LogP contribution >= 0.6 is 11.6 Å². The van der Waals surface area contributed by atoms with Gasteiger partial charge in [-0.3, -0.25) is 4.68 Å². The molecule has 0 radical (unpaired) electrons. The second-order valence-electron chi connectivity index (χ2n) is 3.68. The summed E-state index contributed by atoms with van der Waals surface area (Å²) in [6.07, 6.45) is -3.24. The van der Waals surface area contributed by atoms with E-state index in [0.29, 0.717) is 6.54 Å². The topological polar surface area (TPSA) is 21.1 Å². The number of likely N-dealkylation sites (N-methyl/N-ethyl adjacent to an activating group) is 1. The van der Waals surface area contributed by atoms with Gasteiger partial charge in [0.1, 0.15) is 5.69 Å². The van der Waals surface area contributed by atoms with Crippen LogP contribution in [0.2, 0.25) is 0 Å². The molecular weight excluding hydrogens is 243 g/mol. The number of alkyl halides is 4. The third-order valence-electron chi connectivity index (χ3n) is 2.09. The number of nitrogens with zero attached hydrogens (tertiary/aromatic N) is 3. The van der Waals surface area contributed by atoms with Crippen LogP contribution in [0.1, 0.15) is 11.3 Å². The molecule has 0 spiro atoms. The quantitative estimate of drug-likeness (QED) is 0.769. The van der Waals surface area contributed by atoms with Crippen LogP contribution in [0.25, 0.3) is 0 Å². The van der Waals surface area contributed by atoms with Crippen LogP contribution in [-0.4, -0.2) is 35.3 Å². The lowest BCUT2D eigenvalue weighted by molar-refractivity contribution is -0.144. The Morgan fingerprint density at radius 1 is 1.44 bits per heavy atom. The molecule has 0 fully saturated rings. The number of halogens is 4. The van der Waals surface area contributed by atoms with Crippen molar-refractivity contribution >= 4 is 11.6 Å². The molecule has 0 bridgehead atoms. The maximum Gasteiger partial charge on any atom is 0.433 e. The second-order valence-corrected chi connectivity index (χ2v) is 3.94. The van der Waals surface area contributed by atoms with Gasteiger partial charge in [0, 0.05) is 12.1 Å². The largest absolute Gasteiger partial charge is 0.433 e. The third kappa shape index (κ3) is 3.12. The predicted molar refractivity (Wildman–Crippen MR) is 55.3 cm³/mol. The summed E-state index contributed by atoms with van der Waals surface area (Å²) >= 11 is 5.45. The Balaban J connectivity index is 2.96. The number of aromatic nitrogens is 2. The van der Waals surface area contributed by atoms with E-state index in [4.69, 9.17) is 11.6 Å². The van der Waals surface area contributed by atoms with Gasteiger partial charge in [-0.05, 0) is 14.1 Å². The van der Waals surface area contributed by atoms with E-state index in [1.165, 1.54) is 6.20 Å². The first kappa shape index (κ1) is 13.3. The molecular formula is C9H13ClF3N3. The molecule has 16 heavy (non-hydrogen) atoms. The minimum atomic E-state index is -4.41. The number of hydrogen-bond acceptors (Lipinski definition) is 2. The fraction of sp³-hybridized carbons (Fsp3) is 0.667. The Bertz CT molecular complexity index is 346. The molecule has 1 heterocycles. The smallest absolute Gasteiger partial charge is 0.308 e. The van der Waals surface area contributed by atoms with Gasteiger partial charge in [-0.25, -0.2) is 0 Å². The monoisotopic (exact) mass is 255 g/mol. The molecule has 0 aliphatic rings. The van der Waals surface area contributed by atoms with Crippen LogP contribution in [0, 0.1) is 0 Å². The first-order chi connectivity index (χ1) is 7.36. The molecule has 0 aliphatic heterocycles. The molecule has 0 aromatic carbocycles. The molecule has 0 aliphatic carbocycles. The van der Waals surface area contributed by atoms with E-state index in [9.17, 15) is 13.2 Å². The van der Waals surface area contributed by atoms with Crippen molar-refractivity contribution in [3.05, 3.63) is 17.5 Å². The van der Waals surface area contributed by atoms with E-state index in [1.807, 2.05) is 0 Å². The molecule has 0 N–H and O–H groups in total. The minimum Gasteiger partial charge on any atom is -0.308 e. The molecule has 1 aromatic rings. The summed E-state index contributed by atoms with van der Waals surface area (Å²) in [5.41, 5.74) is -0.725. The zero-order valence-electron chi connectivity index (χ0n) is 9.05. The second kappa shape index (κ2) is 5.05. The van der Waals surface area contributed by atoms with Crippen molar-refractivity contribution in [2.24, 2.45) is 0 Å². The molecule has 3 nitrogen and oxygen atoms in total. The summed E-state index contributed by atoms with van der Waals surface area (Å²) < 4.78 is 39.1. The lowest BCUT2D eigenvalue weighted by Crippen LogP contribution is -2.23. The highest BCUT2D eigenvalue weighted by Gasteiger charge is 2.37.